The van der Waals surface area contributed by atoms with Gasteiger partial charge in [0.15, 0.2) is 5.82 Å². The molecule has 0 saturated heterocycles. The smallest absolute Gasteiger partial charge is 0.162 e. The van der Waals surface area contributed by atoms with Crippen molar-refractivity contribution < 1.29 is 0 Å². The average molecular weight is 277 g/mol. The molecule has 0 aromatic carbocycles. The van der Waals surface area contributed by atoms with Crippen LogP contribution < -0.4 is 10.6 Å². The normalized spacial score (nSPS) is 10.9. The lowest BCUT2D eigenvalue weighted by Gasteiger charge is -2.29. The number of amidine groups is 1. The molecule has 3 N–H and O–H groups in total. The van der Waals surface area contributed by atoms with Crippen LogP contribution in [0.3, 0.4) is 0 Å². The number of nitrogens with one attached hydrogen (secondary N) is 1. The van der Waals surface area contributed by atoms with E-state index in [0.29, 0.717) is 6.04 Å². The van der Waals surface area contributed by atoms with E-state index < -0.39 is 0 Å². The van der Waals surface area contributed by atoms with Crippen LogP contribution in [0.15, 0.2) is 0 Å². The van der Waals surface area contributed by atoms with E-state index in [0.717, 1.165) is 35.6 Å². The molecule has 0 spiro atoms. The second-order valence-corrected chi connectivity index (χ2v) is 5.52. The molecule has 1 aromatic heterocycles. The molecule has 0 radical (unpaired) electrons. The second kappa shape index (κ2) is 7.22. The molecule has 0 bridgehead atoms. The van der Waals surface area contributed by atoms with Crippen molar-refractivity contribution in [2.24, 2.45) is 5.73 Å². The molecular weight excluding hydrogens is 250 g/mol. The monoisotopic (exact) mass is 277 g/mol. The summed E-state index contributed by atoms with van der Waals surface area (Å²) in [6.07, 6.45) is 3.49. The van der Waals surface area contributed by atoms with Crippen molar-refractivity contribution in [3.63, 3.8) is 0 Å². The molecule has 1 rings (SSSR count). The fourth-order valence-electron chi connectivity index (χ4n) is 2.26. The predicted octanol–water partition coefficient (Wildman–Crippen LogP) is 2.78. The van der Waals surface area contributed by atoms with Crippen LogP contribution in [0, 0.1) is 19.3 Å². The van der Waals surface area contributed by atoms with Gasteiger partial charge in [0, 0.05) is 12.6 Å². The highest BCUT2D eigenvalue weighted by atomic mass is 15.3. The SMILES string of the molecule is CCCCCN(c1nnc(C)c(C)c1C(=N)N)C(C)C. The van der Waals surface area contributed by atoms with Crippen LogP contribution >= 0.6 is 0 Å². The highest BCUT2D eigenvalue weighted by Crippen LogP contribution is 2.24. The number of aromatic nitrogens is 2. The van der Waals surface area contributed by atoms with Crippen molar-refractivity contribution in [2.75, 3.05) is 11.4 Å². The maximum Gasteiger partial charge on any atom is 0.162 e. The molecule has 112 valence electrons. The Labute approximate surface area is 122 Å². The number of nitrogens with zero attached hydrogens (tertiary/aromatic N) is 3. The highest BCUT2D eigenvalue weighted by molar-refractivity contribution is 6.01. The van der Waals surface area contributed by atoms with Gasteiger partial charge in [-0.1, -0.05) is 19.8 Å². The largest absolute Gasteiger partial charge is 0.384 e. The third-order valence-electron chi connectivity index (χ3n) is 3.60. The maximum atomic E-state index is 7.84. The summed E-state index contributed by atoms with van der Waals surface area (Å²) in [6, 6.07) is 0.307. The second-order valence-electron chi connectivity index (χ2n) is 5.52. The van der Waals surface area contributed by atoms with Gasteiger partial charge in [0.25, 0.3) is 0 Å². The topological polar surface area (TPSA) is 78.9 Å². The van der Waals surface area contributed by atoms with Gasteiger partial charge in [-0.05, 0) is 39.7 Å². The minimum atomic E-state index is 0.0663. The van der Waals surface area contributed by atoms with Crippen LogP contribution in [0.25, 0.3) is 0 Å². The van der Waals surface area contributed by atoms with E-state index in [1.165, 1.54) is 12.8 Å². The van der Waals surface area contributed by atoms with E-state index in [-0.39, 0.29) is 5.84 Å². The molecule has 1 aromatic rings. The Bertz CT molecular complexity index is 468. The van der Waals surface area contributed by atoms with Crippen LogP contribution in [-0.4, -0.2) is 28.6 Å². The summed E-state index contributed by atoms with van der Waals surface area (Å²) in [5, 5.41) is 16.4. The van der Waals surface area contributed by atoms with Gasteiger partial charge in [-0.15, -0.1) is 5.10 Å². The van der Waals surface area contributed by atoms with Gasteiger partial charge in [-0.3, -0.25) is 5.41 Å². The molecule has 5 nitrogen and oxygen atoms in total. The summed E-state index contributed by atoms with van der Waals surface area (Å²) < 4.78 is 0. The molecule has 1 heterocycles. The predicted molar refractivity (Wildman–Crippen MR) is 84.5 cm³/mol. The first-order chi connectivity index (χ1) is 9.40. The van der Waals surface area contributed by atoms with Gasteiger partial charge in [0.1, 0.15) is 5.84 Å². The summed E-state index contributed by atoms with van der Waals surface area (Å²) in [5.74, 6) is 0.809. The van der Waals surface area contributed by atoms with Crippen molar-refractivity contribution in [1.82, 2.24) is 10.2 Å². The molecule has 0 aliphatic rings. The molecule has 0 amide bonds. The number of nitrogen functional groups attached to an aromatic ring is 1. The zero-order chi connectivity index (χ0) is 15.3. The number of nitrogens with two attached hydrogens (primary N) is 1. The van der Waals surface area contributed by atoms with Gasteiger partial charge in [-0.25, -0.2) is 0 Å². The van der Waals surface area contributed by atoms with Crippen molar-refractivity contribution in [2.45, 2.75) is 59.9 Å². The van der Waals surface area contributed by atoms with Gasteiger partial charge in [0.05, 0.1) is 11.3 Å². The minimum Gasteiger partial charge on any atom is -0.384 e. The van der Waals surface area contributed by atoms with Gasteiger partial charge >= 0.3 is 0 Å². The van der Waals surface area contributed by atoms with Crippen LogP contribution in [0.5, 0.6) is 0 Å². The first kappa shape index (κ1) is 16.4. The number of hydrogen-bond donors (Lipinski definition) is 2. The maximum absolute atomic E-state index is 7.84. The number of anilines is 1. The Morgan fingerprint density at radius 2 is 1.90 bits per heavy atom. The number of rotatable bonds is 7. The molecule has 20 heavy (non-hydrogen) atoms. The highest BCUT2D eigenvalue weighted by Gasteiger charge is 2.20. The Balaban J connectivity index is 3.19. The van der Waals surface area contributed by atoms with Crippen LogP contribution in [0.4, 0.5) is 5.82 Å². The summed E-state index contributed by atoms with van der Waals surface area (Å²) in [5.41, 5.74) is 8.27. The van der Waals surface area contributed by atoms with Crippen LogP contribution in [0.2, 0.25) is 0 Å². The number of hydrogen-bond acceptors (Lipinski definition) is 4. The lowest BCUT2D eigenvalue weighted by Crippen LogP contribution is -2.35. The van der Waals surface area contributed by atoms with Gasteiger partial charge in [-0.2, -0.15) is 5.10 Å². The van der Waals surface area contributed by atoms with Gasteiger partial charge < -0.3 is 10.6 Å². The number of aryl methyl sites for hydroxylation is 1. The molecule has 0 aliphatic heterocycles. The zero-order valence-electron chi connectivity index (χ0n) is 13.3. The molecule has 0 aliphatic carbocycles. The fourth-order valence-corrected chi connectivity index (χ4v) is 2.26. The van der Waals surface area contributed by atoms with Crippen LogP contribution in [-0.2, 0) is 0 Å². The van der Waals surface area contributed by atoms with E-state index in [2.05, 4.69) is 35.9 Å². The zero-order valence-corrected chi connectivity index (χ0v) is 13.3. The fraction of sp³-hybridized carbons (Fsp3) is 0.667. The van der Waals surface area contributed by atoms with Crippen molar-refractivity contribution in [3.8, 4) is 0 Å². The summed E-state index contributed by atoms with van der Waals surface area (Å²) >= 11 is 0. The third-order valence-corrected chi connectivity index (χ3v) is 3.60. The Morgan fingerprint density at radius 3 is 2.40 bits per heavy atom. The Hall–Kier alpha value is -1.65. The minimum absolute atomic E-state index is 0.0663. The molecule has 0 saturated carbocycles. The van der Waals surface area contributed by atoms with Crippen molar-refractivity contribution in [1.29, 1.82) is 5.41 Å². The first-order valence-corrected chi connectivity index (χ1v) is 7.35. The molecular formula is C15H27N5. The third kappa shape index (κ3) is 3.68. The summed E-state index contributed by atoms with van der Waals surface area (Å²) in [6.45, 7) is 11.2. The van der Waals surface area contributed by atoms with Crippen molar-refractivity contribution in [3.05, 3.63) is 16.8 Å². The summed E-state index contributed by atoms with van der Waals surface area (Å²) in [7, 11) is 0. The quantitative estimate of drug-likeness (QED) is 0.456. The summed E-state index contributed by atoms with van der Waals surface area (Å²) in [4.78, 5) is 2.20. The van der Waals surface area contributed by atoms with E-state index in [4.69, 9.17) is 11.1 Å². The van der Waals surface area contributed by atoms with Crippen molar-refractivity contribution >= 4 is 11.7 Å². The van der Waals surface area contributed by atoms with E-state index in [1.807, 2.05) is 13.8 Å². The molecule has 5 heteroatoms. The van der Waals surface area contributed by atoms with E-state index >= 15 is 0 Å². The Kier molecular flexibility index (Phi) is 5.92. The average Bonchev–Trinajstić information content (AvgIpc) is 2.37. The number of unbranched alkanes of at least 4 members (excludes halogenated alkanes) is 2. The molecule has 0 fully saturated rings. The Morgan fingerprint density at radius 1 is 1.25 bits per heavy atom. The molecule has 0 unspecified atom stereocenters. The van der Waals surface area contributed by atoms with Gasteiger partial charge in [0.2, 0.25) is 0 Å². The van der Waals surface area contributed by atoms with E-state index in [1.54, 1.807) is 0 Å². The first-order valence-electron chi connectivity index (χ1n) is 7.35. The standard InChI is InChI=1S/C15H27N5/c1-6-7-8-9-20(10(2)3)15-13(14(16)17)11(4)12(5)18-19-15/h10H,6-9H2,1-5H3,(H3,16,17). The molecule has 0 atom stereocenters. The van der Waals surface area contributed by atoms with E-state index in [9.17, 15) is 0 Å². The van der Waals surface area contributed by atoms with Crippen LogP contribution in [0.1, 0.15) is 56.9 Å². The lowest BCUT2D eigenvalue weighted by atomic mass is 10.1. The lowest BCUT2D eigenvalue weighted by molar-refractivity contribution is 0.614.